The molecule has 1 aliphatic heterocycles. The predicted molar refractivity (Wildman–Crippen MR) is 102 cm³/mol. The maximum Gasteiger partial charge on any atom is 0.278 e. The molecule has 4 rings (SSSR count). The van der Waals surface area contributed by atoms with Crippen molar-refractivity contribution in [2.45, 2.75) is 26.7 Å². The van der Waals surface area contributed by atoms with Gasteiger partial charge in [0.25, 0.3) is 5.91 Å². The number of methoxy groups -OCH3 is 1. The van der Waals surface area contributed by atoms with E-state index in [0.29, 0.717) is 18.0 Å². The Morgan fingerprint density at radius 3 is 2.88 bits per heavy atom. The summed E-state index contributed by atoms with van der Waals surface area (Å²) in [6.45, 7) is 4.67. The Balaban J connectivity index is 1.76. The number of hydrogen-bond donors (Lipinski definition) is 0. The van der Waals surface area contributed by atoms with Gasteiger partial charge in [-0.15, -0.1) is 11.3 Å². The second kappa shape index (κ2) is 6.61. The number of aromatic nitrogens is 1. The summed E-state index contributed by atoms with van der Waals surface area (Å²) in [5.41, 5.74) is 3.74. The number of ether oxygens (including phenoxy) is 1. The average Bonchev–Trinajstić information content (AvgIpc) is 3.31. The van der Waals surface area contributed by atoms with E-state index >= 15 is 0 Å². The molecule has 0 atom stereocenters. The highest BCUT2D eigenvalue weighted by atomic mass is 32.1. The molecule has 0 radical (unpaired) electrons. The van der Waals surface area contributed by atoms with Crippen LogP contribution in [0.1, 0.15) is 32.9 Å². The number of thiazole rings is 1. The molecule has 1 aliphatic rings. The quantitative estimate of drug-likeness (QED) is 0.677. The second-order valence-electron chi connectivity index (χ2n) is 6.37. The molecule has 1 amide bonds. The van der Waals surface area contributed by atoms with Crippen molar-refractivity contribution in [2.75, 3.05) is 18.6 Å². The summed E-state index contributed by atoms with van der Waals surface area (Å²) < 4.78 is 11.0. The Hall–Kier alpha value is -2.60. The minimum Gasteiger partial charge on any atom is -0.495 e. The Bertz CT molecular complexity index is 960. The fourth-order valence-electron chi connectivity index (χ4n) is 3.45. The number of rotatable bonds is 3. The minimum atomic E-state index is -0.0820. The number of benzene rings is 1. The summed E-state index contributed by atoms with van der Waals surface area (Å²) in [5.74, 6) is 1.34. The monoisotopic (exact) mass is 368 g/mol. The molecule has 5 nitrogen and oxygen atoms in total. The number of hydrogen-bond acceptors (Lipinski definition) is 5. The zero-order valence-corrected chi connectivity index (χ0v) is 15.9. The lowest BCUT2D eigenvalue weighted by Crippen LogP contribution is -2.36. The van der Waals surface area contributed by atoms with Crippen LogP contribution in [0.5, 0.6) is 5.75 Å². The summed E-state index contributed by atoms with van der Waals surface area (Å²) >= 11 is 1.48. The molecule has 0 aliphatic carbocycles. The van der Waals surface area contributed by atoms with E-state index in [1.807, 2.05) is 30.0 Å². The van der Waals surface area contributed by atoms with Gasteiger partial charge in [-0.3, -0.25) is 4.79 Å². The third-order valence-electron chi connectivity index (χ3n) is 4.75. The van der Waals surface area contributed by atoms with Gasteiger partial charge in [0.1, 0.15) is 11.4 Å². The molecule has 6 heteroatoms. The summed E-state index contributed by atoms with van der Waals surface area (Å²) in [6.07, 6.45) is 3.50. The number of anilines is 1. The van der Waals surface area contributed by atoms with Crippen LogP contribution in [0, 0.1) is 13.8 Å². The Morgan fingerprint density at radius 1 is 1.31 bits per heavy atom. The van der Waals surface area contributed by atoms with Crippen molar-refractivity contribution >= 4 is 22.9 Å². The lowest BCUT2D eigenvalue weighted by atomic mass is 9.96. The van der Waals surface area contributed by atoms with E-state index in [4.69, 9.17) is 9.15 Å². The van der Waals surface area contributed by atoms with Crippen LogP contribution in [0.4, 0.5) is 5.69 Å². The zero-order chi connectivity index (χ0) is 18.3. The van der Waals surface area contributed by atoms with E-state index in [2.05, 4.69) is 18.0 Å². The van der Waals surface area contributed by atoms with Crippen LogP contribution in [-0.4, -0.2) is 24.5 Å². The van der Waals surface area contributed by atoms with Crippen molar-refractivity contribution < 1.29 is 13.9 Å². The van der Waals surface area contributed by atoms with Crippen LogP contribution >= 0.6 is 11.3 Å². The third kappa shape index (κ3) is 2.70. The topological polar surface area (TPSA) is 55.6 Å². The van der Waals surface area contributed by atoms with Gasteiger partial charge >= 0.3 is 0 Å². The summed E-state index contributed by atoms with van der Waals surface area (Å²) in [5, 5.41) is 0.726. The first kappa shape index (κ1) is 16.8. The first-order valence-electron chi connectivity index (χ1n) is 8.59. The van der Waals surface area contributed by atoms with Crippen molar-refractivity contribution in [3.63, 3.8) is 0 Å². The normalized spacial score (nSPS) is 13.6. The van der Waals surface area contributed by atoms with Crippen molar-refractivity contribution in [1.29, 1.82) is 0 Å². The fourth-order valence-corrected chi connectivity index (χ4v) is 4.32. The number of carbonyl (C=O) groups excluding carboxylic acids is 1. The van der Waals surface area contributed by atoms with Gasteiger partial charge in [0.2, 0.25) is 0 Å². The van der Waals surface area contributed by atoms with Crippen LogP contribution in [0.25, 0.3) is 10.8 Å². The maximum atomic E-state index is 13.3. The zero-order valence-electron chi connectivity index (χ0n) is 15.0. The van der Waals surface area contributed by atoms with Crippen molar-refractivity contribution in [3.05, 3.63) is 52.2 Å². The molecule has 26 heavy (non-hydrogen) atoms. The van der Waals surface area contributed by atoms with Gasteiger partial charge < -0.3 is 14.1 Å². The molecule has 0 saturated carbocycles. The summed E-state index contributed by atoms with van der Waals surface area (Å²) in [7, 11) is 1.64. The smallest absolute Gasteiger partial charge is 0.278 e. The van der Waals surface area contributed by atoms with Crippen molar-refractivity contribution in [3.8, 4) is 16.5 Å². The number of nitrogens with zero attached hydrogens (tertiary/aromatic N) is 2. The molecular formula is C20H20N2O3S. The molecule has 0 spiro atoms. The number of fused-ring (bicyclic) bond motifs is 1. The maximum absolute atomic E-state index is 13.3. The molecule has 0 saturated heterocycles. The highest BCUT2D eigenvalue weighted by Crippen LogP contribution is 2.39. The van der Waals surface area contributed by atoms with Crippen LogP contribution < -0.4 is 9.64 Å². The largest absolute Gasteiger partial charge is 0.495 e. The van der Waals surface area contributed by atoms with E-state index < -0.39 is 0 Å². The van der Waals surface area contributed by atoms with Gasteiger partial charge in [-0.25, -0.2) is 4.98 Å². The van der Waals surface area contributed by atoms with Crippen LogP contribution in [0.2, 0.25) is 0 Å². The standard InChI is InChI=1S/C20H20N2O3S/c1-12-8-9-15(24-3)18-14(12)6-4-10-22(18)20(23)17-13(2)26-19(21-17)16-7-5-11-25-16/h5,7-9,11H,4,6,10H2,1-3H3. The molecule has 3 heterocycles. The van der Waals surface area contributed by atoms with Crippen LogP contribution in [-0.2, 0) is 6.42 Å². The Kier molecular flexibility index (Phi) is 4.28. The predicted octanol–water partition coefficient (Wildman–Crippen LogP) is 4.62. The fraction of sp³-hybridized carbons (Fsp3) is 0.300. The lowest BCUT2D eigenvalue weighted by molar-refractivity contribution is 0.0979. The summed E-state index contributed by atoms with van der Waals surface area (Å²) in [6, 6.07) is 7.66. The van der Waals surface area contributed by atoms with E-state index in [9.17, 15) is 4.79 Å². The molecule has 0 unspecified atom stereocenters. The molecule has 134 valence electrons. The van der Waals surface area contributed by atoms with Crippen molar-refractivity contribution in [2.24, 2.45) is 0 Å². The van der Waals surface area contributed by atoms with Crippen molar-refractivity contribution in [1.82, 2.24) is 4.98 Å². The number of amides is 1. The van der Waals surface area contributed by atoms with Gasteiger partial charge in [0.15, 0.2) is 10.8 Å². The first-order chi connectivity index (χ1) is 12.6. The molecule has 3 aromatic rings. The first-order valence-corrected chi connectivity index (χ1v) is 9.41. The number of furan rings is 1. The highest BCUT2D eigenvalue weighted by molar-refractivity contribution is 7.15. The Labute approximate surface area is 156 Å². The molecule has 0 N–H and O–H groups in total. The Morgan fingerprint density at radius 2 is 2.15 bits per heavy atom. The van der Waals surface area contributed by atoms with Gasteiger partial charge in [0.05, 0.1) is 19.1 Å². The summed E-state index contributed by atoms with van der Waals surface area (Å²) in [4.78, 5) is 20.6. The van der Waals surface area contributed by atoms with Gasteiger partial charge in [-0.2, -0.15) is 0 Å². The lowest BCUT2D eigenvalue weighted by Gasteiger charge is -2.31. The average molecular weight is 368 g/mol. The molecular weight excluding hydrogens is 348 g/mol. The highest BCUT2D eigenvalue weighted by Gasteiger charge is 2.30. The molecule has 0 bridgehead atoms. The minimum absolute atomic E-state index is 0.0820. The van der Waals surface area contributed by atoms with Gasteiger partial charge in [0, 0.05) is 11.4 Å². The number of carbonyl (C=O) groups is 1. The molecule has 0 fully saturated rings. The van der Waals surface area contributed by atoms with E-state index in [0.717, 1.165) is 34.2 Å². The molecule has 1 aromatic carbocycles. The van der Waals surface area contributed by atoms with Gasteiger partial charge in [-0.1, -0.05) is 6.07 Å². The van der Waals surface area contributed by atoms with E-state index in [-0.39, 0.29) is 5.91 Å². The number of aryl methyl sites for hydroxylation is 2. The van der Waals surface area contributed by atoms with Crippen LogP contribution in [0.3, 0.4) is 0 Å². The second-order valence-corrected chi connectivity index (χ2v) is 7.58. The van der Waals surface area contributed by atoms with E-state index in [1.54, 1.807) is 13.4 Å². The third-order valence-corrected chi connectivity index (χ3v) is 5.74. The van der Waals surface area contributed by atoms with Gasteiger partial charge in [-0.05, 0) is 56.0 Å². The van der Waals surface area contributed by atoms with Crippen LogP contribution in [0.15, 0.2) is 34.9 Å². The SMILES string of the molecule is COc1ccc(C)c2c1N(C(=O)c1nc(-c3ccco3)sc1C)CCC2. The molecule has 2 aromatic heterocycles. The van der Waals surface area contributed by atoms with E-state index in [1.165, 1.54) is 22.5 Å².